The lowest BCUT2D eigenvalue weighted by Gasteiger charge is -2.10. The van der Waals surface area contributed by atoms with Crippen LogP contribution in [0.25, 0.3) is 0 Å². The second-order valence-electron chi connectivity index (χ2n) is 2.05. The Balaban J connectivity index is 3.86. The molecule has 0 aliphatic rings. The van der Waals surface area contributed by atoms with Crippen molar-refractivity contribution in [3.8, 4) is 0 Å². The number of nitrogens with one attached hydrogen (secondary N) is 1. The van der Waals surface area contributed by atoms with E-state index in [1.807, 2.05) is 0 Å². The molecule has 0 saturated heterocycles. The number of carboxylic acid groups (broad SMARTS) is 1. The molecule has 8 heteroatoms. The molecule has 72 valence electrons. The van der Waals surface area contributed by atoms with Crippen molar-refractivity contribution in [1.29, 1.82) is 0 Å². The Morgan fingerprint density at radius 2 is 2.08 bits per heavy atom. The summed E-state index contributed by atoms with van der Waals surface area (Å²) in [5, 5.41) is 8.08. The molecule has 0 aromatic rings. The third-order valence-corrected chi connectivity index (χ3v) is 2.13. The largest absolute Gasteiger partial charge is 0.479 e. The molecule has 0 bridgehead atoms. The van der Waals surface area contributed by atoms with Crippen molar-refractivity contribution in [2.24, 2.45) is 0 Å². The summed E-state index contributed by atoms with van der Waals surface area (Å²) in [6, 6.07) is 0. The van der Waals surface area contributed by atoms with E-state index >= 15 is 0 Å². The van der Waals surface area contributed by atoms with Gasteiger partial charge in [0.15, 0.2) is 6.61 Å². The van der Waals surface area contributed by atoms with Crippen LogP contribution in [0.5, 0.6) is 0 Å². The Morgan fingerprint density at radius 1 is 1.58 bits per heavy atom. The minimum atomic E-state index is -3.70. The van der Waals surface area contributed by atoms with Crippen molar-refractivity contribution in [2.45, 2.75) is 0 Å². The Hall–Kier alpha value is -0.700. The van der Waals surface area contributed by atoms with E-state index in [0.29, 0.717) is 0 Å². The Morgan fingerprint density at radius 3 is 2.42 bits per heavy atom. The molecule has 0 spiro atoms. The second kappa shape index (κ2) is 4.36. The highest BCUT2D eigenvalue weighted by Crippen LogP contribution is 1.86. The normalized spacial score (nSPS) is 11.9. The van der Waals surface area contributed by atoms with Crippen LogP contribution in [-0.4, -0.2) is 44.5 Å². The third-order valence-electron chi connectivity index (χ3n) is 0.841. The van der Waals surface area contributed by atoms with Crippen LogP contribution in [0.2, 0.25) is 0 Å². The van der Waals surface area contributed by atoms with Crippen molar-refractivity contribution in [3.05, 3.63) is 0 Å². The number of aliphatic carboxylic acids is 1. The fourth-order valence-corrected chi connectivity index (χ4v) is 0.597. The van der Waals surface area contributed by atoms with Gasteiger partial charge in [-0.1, -0.05) is 4.89 Å². The fourth-order valence-electron chi connectivity index (χ4n) is 0.240. The zero-order valence-corrected chi connectivity index (χ0v) is 7.46. The highest BCUT2D eigenvalue weighted by atomic mass is 32.2. The van der Waals surface area contributed by atoms with Crippen molar-refractivity contribution < 1.29 is 23.2 Å². The lowest BCUT2D eigenvalue weighted by molar-refractivity contribution is -0.143. The summed E-state index contributed by atoms with van der Waals surface area (Å²) in [5.74, 6) is -1.25. The zero-order valence-electron chi connectivity index (χ0n) is 6.64. The standard InChI is InChI=1S/C4H10N2O5S/c1-6(2)12(9,10)5-11-3-4(7)8/h5H,3H2,1-2H3,(H,7,8). The Bertz CT molecular complexity index is 246. The maximum atomic E-state index is 10.8. The van der Waals surface area contributed by atoms with Crippen LogP contribution >= 0.6 is 0 Å². The lowest BCUT2D eigenvalue weighted by atomic mass is 10.8. The molecule has 0 aromatic carbocycles. The first-order valence-corrected chi connectivity index (χ1v) is 4.33. The van der Waals surface area contributed by atoms with Gasteiger partial charge in [0, 0.05) is 14.1 Å². The van der Waals surface area contributed by atoms with E-state index in [0.717, 1.165) is 4.31 Å². The molecule has 0 radical (unpaired) electrons. The summed E-state index contributed by atoms with van der Waals surface area (Å²) in [7, 11) is -1.13. The average Bonchev–Trinajstić information content (AvgIpc) is 1.85. The van der Waals surface area contributed by atoms with Gasteiger partial charge in [-0.05, 0) is 0 Å². The van der Waals surface area contributed by atoms with Gasteiger partial charge in [0.25, 0.3) is 0 Å². The summed E-state index contributed by atoms with van der Waals surface area (Å²) in [5.41, 5.74) is 0. The summed E-state index contributed by atoms with van der Waals surface area (Å²) in [6.45, 7) is -0.715. The van der Waals surface area contributed by atoms with Crippen molar-refractivity contribution >= 4 is 16.2 Å². The maximum Gasteiger partial charge on any atom is 0.331 e. The number of hydrogen-bond acceptors (Lipinski definition) is 4. The minimum Gasteiger partial charge on any atom is -0.479 e. The van der Waals surface area contributed by atoms with Crippen molar-refractivity contribution in [2.75, 3.05) is 20.7 Å². The smallest absolute Gasteiger partial charge is 0.331 e. The van der Waals surface area contributed by atoms with Crippen LogP contribution in [0.15, 0.2) is 0 Å². The molecule has 0 saturated carbocycles. The number of hydrogen-bond donors (Lipinski definition) is 2. The van der Waals surface area contributed by atoms with Crippen LogP contribution in [-0.2, 0) is 19.8 Å². The van der Waals surface area contributed by atoms with Gasteiger partial charge in [0.1, 0.15) is 0 Å². The van der Waals surface area contributed by atoms with E-state index in [1.54, 1.807) is 4.89 Å². The molecular formula is C4H10N2O5S. The first kappa shape index (κ1) is 11.3. The van der Waals surface area contributed by atoms with E-state index in [-0.39, 0.29) is 0 Å². The zero-order chi connectivity index (χ0) is 9.78. The quantitative estimate of drug-likeness (QED) is 0.518. The fraction of sp³-hybridized carbons (Fsp3) is 0.750. The predicted octanol–water partition coefficient (Wildman–Crippen LogP) is -1.60. The van der Waals surface area contributed by atoms with Gasteiger partial charge >= 0.3 is 16.2 Å². The van der Waals surface area contributed by atoms with Gasteiger partial charge in [-0.15, -0.1) is 0 Å². The number of carbonyl (C=O) groups is 1. The van der Waals surface area contributed by atoms with Crippen LogP contribution in [0.3, 0.4) is 0 Å². The average molecular weight is 198 g/mol. The van der Waals surface area contributed by atoms with Crippen molar-refractivity contribution in [1.82, 2.24) is 9.19 Å². The number of carboxylic acids is 1. The maximum absolute atomic E-state index is 10.8. The van der Waals surface area contributed by atoms with Crippen LogP contribution < -0.4 is 4.89 Å². The van der Waals surface area contributed by atoms with Gasteiger partial charge in [0.05, 0.1) is 0 Å². The molecule has 0 aliphatic heterocycles. The molecule has 0 atom stereocenters. The molecule has 7 nitrogen and oxygen atoms in total. The molecule has 12 heavy (non-hydrogen) atoms. The molecule has 0 fully saturated rings. The SMILES string of the molecule is CN(C)S(=O)(=O)NOCC(=O)O. The van der Waals surface area contributed by atoms with Crippen LogP contribution in [0, 0.1) is 0 Å². The van der Waals surface area contributed by atoms with E-state index in [1.165, 1.54) is 14.1 Å². The van der Waals surface area contributed by atoms with Gasteiger partial charge in [0.2, 0.25) is 0 Å². The molecular weight excluding hydrogens is 188 g/mol. The van der Waals surface area contributed by atoms with Gasteiger partial charge in [-0.3, -0.25) is 4.84 Å². The molecule has 0 aromatic heterocycles. The highest BCUT2D eigenvalue weighted by Gasteiger charge is 2.12. The van der Waals surface area contributed by atoms with Gasteiger partial charge in [-0.2, -0.15) is 12.7 Å². The summed E-state index contributed by atoms with van der Waals surface area (Å²) in [4.78, 5) is 15.6. The molecule has 2 N–H and O–H groups in total. The molecule has 0 heterocycles. The predicted molar refractivity (Wildman–Crippen MR) is 39.3 cm³/mol. The minimum absolute atomic E-state index is 0.715. The lowest BCUT2D eigenvalue weighted by Crippen LogP contribution is -2.36. The molecule has 0 rings (SSSR count). The summed E-state index contributed by atoms with van der Waals surface area (Å²) < 4.78 is 22.5. The third kappa shape index (κ3) is 4.23. The van der Waals surface area contributed by atoms with Crippen LogP contribution in [0.4, 0.5) is 0 Å². The highest BCUT2D eigenvalue weighted by molar-refractivity contribution is 7.86. The second-order valence-corrected chi connectivity index (χ2v) is 3.90. The number of rotatable bonds is 5. The summed E-state index contributed by atoms with van der Waals surface area (Å²) >= 11 is 0. The Kier molecular flexibility index (Phi) is 4.10. The van der Waals surface area contributed by atoms with Crippen molar-refractivity contribution in [3.63, 3.8) is 0 Å². The number of nitrogens with zero attached hydrogens (tertiary/aromatic N) is 1. The Labute approximate surface area is 70.1 Å². The monoisotopic (exact) mass is 198 g/mol. The van der Waals surface area contributed by atoms with Crippen LogP contribution in [0.1, 0.15) is 0 Å². The van der Waals surface area contributed by atoms with E-state index in [2.05, 4.69) is 4.84 Å². The van der Waals surface area contributed by atoms with E-state index in [9.17, 15) is 13.2 Å². The first-order chi connectivity index (χ1) is 5.36. The van der Waals surface area contributed by atoms with E-state index < -0.39 is 22.8 Å². The molecule has 0 amide bonds. The van der Waals surface area contributed by atoms with Gasteiger partial charge < -0.3 is 5.11 Å². The molecule has 0 aliphatic carbocycles. The topological polar surface area (TPSA) is 95.9 Å². The molecule has 0 unspecified atom stereocenters. The first-order valence-electron chi connectivity index (χ1n) is 2.89. The van der Waals surface area contributed by atoms with E-state index in [4.69, 9.17) is 5.11 Å². The van der Waals surface area contributed by atoms with Gasteiger partial charge in [-0.25, -0.2) is 4.79 Å². The summed E-state index contributed by atoms with van der Waals surface area (Å²) in [6.07, 6.45) is 0.